The fourth-order valence-corrected chi connectivity index (χ4v) is 2.13. The summed E-state index contributed by atoms with van der Waals surface area (Å²) in [6.45, 7) is 2.49. The lowest BCUT2D eigenvalue weighted by atomic mass is 10.2. The van der Waals surface area contributed by atoms with E-state index in [0.717, 1.165) is 0 Å². The van der Waals surface area contributed by atoms with Gasteiger partial charge in [-0.3, -0.25) is 0 Å². The van der Waals surface area contributed by atoms with Gasteiger partial charge in [0.25, 0.3) is 0 Å². The van der Waals surface area contributed by atoms with E-state index in [1.807, 2.05) is 0 Å². The number of rotatable bonds is 0. The van der Waals surface area contributed by atoms with Crippen LogP contribution in [0.15, 0.2) is 12.2 Å². The molecule has 0 aromatic carbocycles. The van der Waals surface area contributed by atoms with E-state index in [2.05, 4.69) is 34.9 Å². The van der Waals surface area contributed by atoms with Crippen LogP contribution in [0.3, 0.4) is 0 Å². The van der Waals surface area contributed by atoms with Crippen LogP contribution in [0.4, 0.5) is 0 Å². The summed E-state index contributed by atoms with van der Waals surface area (Å²) in [5.74, 6) is 0. The van der Waals surface area contributed by atoms with E-state index in [0.29, 0.717) is 6.17 Å². The van der Waals surface area contributed by atoms with Gasteiger partial charge >= 0.3 is 0 Å². The normalized spacial score (nSPS) is 30.8. The number of nitrogens with zero attached hydrogens (tertiary/aromatic N) is 2. The van der Waals surface area contributed by atoms with Crippen molar-refractivity contribution in [3.05, 3.63) is 12.2 Å². The molecule has 0 saturated carbocycles. The van der Waals surface area contributed by atoms with Crippen molar-refractivity contribution >= 4 is 6.21 Å². The first-order valence-electron chi connectivity index (χ1n) is 4.84. The highest BCUT2D eigenvalue weighted by Crippen LogP contribution is 2.14. The van der Waals surface area contributed by atoms with Gasteiger partial charge in [0.1, 0.15) is 6.54 Å². The summed E-state index contributed by atoms with van der Waals surface area (Å²) in [5.41, 5.74) is 0. The van der Waals surface area contributed by atoms with E-state index in [-0.39, 0.29) is 0 Å². The average molecular weight is 165 g/mol. The van der Waals surface area contributed by atoms with Crippen LogP contribution in [-0.2, 0) is 0 Å². The highest BCUT2D eigenvalue weighted by Gasteiger charge is 2.28. The lowest BCUT2D eigenvalue weighted by Crippen LogP contribution is -2.46. The van der Waals surface area contributed by atoms with Crippen LogP contribution in [0.5, 0.6) is 0 Å². The second kappa shape index (κ2) is 3.40. The minimum atomic E-state index is 0.661. The second-order valence-electron chi connectivity index (χ2n) is 3.71. The topological polar surface area (TPSA) is 6.25 Å². The summed E-state index contributed by atoms with van der Waals surface area (Å²) < 4.78 is 2.47. The van der Waals surface area contributed by atoms with Crippen LogP contribution < -0.4 is 0 Å². The molecule has 66 valence electrons. The van der Waals surface area contributed by atoms with Gasteiger partial charge in [-0.2, -0.15) is 0 Å². The van der Waals surface area contributed by atoms with Crippen molar-refractivity contribution in [2.24, 2.45) is 0 Å². The van der Waals surface area contributed by atoms with E-state index in [1.54, 1.807) is 0 Å². The Bertz CT molecular complexity index is 218. The van der Waals surface area contributed by atoms with Crippen molar-refractivity contribution in [3.8, 4) is 0 Å². The quantitative estimate of drug-likeness (QED) is 0.487. The highest BCUT2D eigenvalue weighted by molar-refractivity contribution is 5.66. The summed E-state index contributed by atoms with van der Waals surface area (Å²) >= 11 is 0. The van der Waals surface area contributed by atoms with Crippen molar-refractivity contribution in [2.45, 2.75) is 25.4 Å². The molecule has 2 aliphatic rings. The Labute approximate surface area is 74.2 Å². The predicted molar refractivity (Wildman–Crippen MR) is 50.6 cm³/mol. The monoisotopic (exact) mass is 165 g/mol. The van der Waals surface area contributed by atoms with E-state index < -0.39 is 0 Å². The van der Waals surface area contributed by atoms with Crippen molar-refractivity contribution in [1.82, 2.24) is 4.90 Å². The van der Waals surface area contributed by atoms with Crippen LogP contribution in [0.2, 0.25) is 0 Å². The largest absolute Gasteiger partial charge is 0.249 e. The Balaban J connectivity index is 2.16. The molecule has 2 nitrogen and oxygen atoms in total. The molecule has 0 aromatic heterocycles. The highest BCUT2D eigenvalue weighted by atomic mass is 15.3. The number of hydrogen-bond acceptors (Lipinski definition) is 1. The molecular formula is C10H17N2+. The SMILES string of the molecule is CN1CCC[N+]2=CC=CCCC12. The van der Waals surface area contributed by atoms with Crippen LogP contribution >= 0.6 is 0 Å². The maximum absolute atomic E-state index is 2.47. The minimum absolute atomic E-state index is 0.661. The van der Waals surface area contributed by atoms with Crippen molar-refractivity contribution < 1.29 is 4.58 Å². The number of hydrogen-bond donors (Lipinski definition) is 0. The van der Waals surface area contributed by atoms with Gasteiger partial charge in [0.05, 0.1) is 0 Å². The van der Waals surface area contributed by atoms with Crippen LogP contribution in [-0.4, -0.2) is 42.0 Å². The molecule has 0 aromatic rings. The summed E-state index contributed by atoms with van der Waals surface area (Å²) in [5, 5.41) is 0. The van der Waals surface area contributed by atoms with Gasteiger partial charge in [0.2, 0.25) is 6.17 Å². The van der Waals surface area contributed by atoms with E-state index in [1.165, 1.54) is 32.4 Å². The Morgan fingerprint density at radius 3 is 3.33 bits per heavy atom. The van der Waals surface area contributed by atoms with Gasteiger partial charge in [-0.05, 0) is 19.5 Å². The molecule has 2 heterocycles. The van der Waals surface area contributed by atoms with Gasteiger partial charge in [-0.25, -0.2) is 9.48 Å². The van der Waals surface area contributed by atoms with E-state index >= 15 is 0 Å². The first-order chi connectivity index (χ1) is 5.88. The third kappa shape index (κ3) is 1.44. The molecule has 0 N–H and O–H groups in total. The Hall–Kier alpha value is -0.630. The molecule has 2 rings (SSSR count). The van der Waals surface area contributed by atoms with Crippen LogP contribution in [0.1, 0.15) is 19.3 Å². The fourth-order valence-electron chi connectivity index (χ4n) is 2.13. The zero-order chi connectivity index (χ0) is 8.39. The molecule has 0 spiro atoms. The molecule has 0 amide bonds. The van der Waals surface area contributed by atoms with Crippen LogP contribution in [0, 0.1) is 0 Å². The van der Waals surface area contributed by atoms with Crippen molar-refractivity contribution in [2.75, 3.05) is 20.1 Å². The molecular weight excluding hydrogens is 148 g/mol. The Morgan fingerprint density at radius 1 is 1.50 bits per heavy atom. The van der Waals surface area contributed by atoms with E-state index in [9.17, 15) is 0 Å². The van der Waals surface area contributed by atoms with Gasteiger partial charge in [-0.15, -0.1) is 0 Å². The molecule has 2 heteroatoms. The first kappa shape index (κ1) is 7.99. The standard InChI is InChI=1S/C10H17N2/c1-11-7-5-9-12-8-4-2-3-6-10(11)12/h2,4,8,10H,3,5-7,9H2,1H3/q+1. The smallest absolute Gasteiger partial charge is 0.209 e. The third-order valence-electron chi connectivity index (χ3n) is 2.82. The molecule has 0 bridgehead atoms. The van der Waals surface area contributed by atoms with Crippen molar-refractivity contribution in [3.63, 3.8) is 0 Å². The molecule has 0 radical (unpaired) electrons. The first-order valence-corrected chi connectivity index (χ1v) is 4.84. The van der Waals surface area contributed by atoms with E-state index in [4.69, 9.17) is 0 Å². The summed E-state index contributed by atoms with van der Waals surface area (Å²) in [6.07, 6.45) is 11.2. The third-order valence-corrected chi connectivity index (χ3v) is 2.82. The van der Waals surface area contributed by atoms with Gasteiger partial charge < -0.3 is 0 Å². The summed E-state index contributed by atoms with van der Waals surface area (Å²) in [4.78, 5) is 2.47. The fraction of sp³-hybridized carbons (Fsp3) is 0.700. The molecule has 1 unspecified atom stereocenters. The summed E-state index contributed by atoms with van der Waals surface area (Å²) in [7, 11) is 2.23. The lowest BCUT2D eigenvalue weighted by molar-refractivity contribution is -0.597. The number of fused-ring (bicyclic) bond motifs is 1. The molecule has 1 fully saturated rings. The molecule has 2 aliphatic heterocycles. The maximum Gasteiger partial charge on any atom is 0.209 e. The second-order valence-corrected chi connectivity index (χ2v) is 3.71. The average Bonchev–Trinajstić information content (AvgIpc) is 2.30. The molecule has 1 atom stereocenters. The zero-order valence-electron chi connectivity index (χ0n) is 7.74. The van der Waals surface area contributed by atoms with Crippen LogP contribution in [0.25, 0.3) is 0 Å². The lowest BCUT2D eigenvalue weighted by Gasteiger charge is -2.29. The Morgan fingerprint density at radius 2 is 2.42 bits per heavy atom. The van der Waals surface area contributed by atoms with Crippen molar-refractivity contribution in [1.29, 1.82) is 0 Å². The summed E-state index contributed by atoms with van der Waals surface area (Å²) in [6, 6.07) is 0. The Kier molecular flexibility index (Phi) is 2.26. The number of allylic oxidation sites excluding steroid dienone is 2. The van der Waals surface area contributed by atoms with Gasteiger partial charge in [0, 0.05) is 19.4 Å². The zero-order valence-corrected chi connectivity index (χ0v) is 7.74. The maximum atomic E-state index is 2.47. The van der Waals surface area contributed by atoms with Gasteiger partial charge in [0.15, 0.2) is 6.21 Å². The minimum Gasteiger partial charge on any atom is -0.249 e. The molecule has 12 heavy (non-hydrogen) atoms. The molecule has 0 aliphatic carbocycles. The molecule has 1 saturated heterocycles. The predicted octanol–water partition coefficient (Wildman–Crippen LogP) is 1.08. The van der Waals surface area contributed by atoms with Gasteiger partial charge in [-0.1, -0.05) is 6.08 Å².